The molecular weight excluding hydrogens is 260 g/mol. The van der Waals surface area contributed by atoms with Crippen molar-refractivity contribution in [2.45, 2.75) is 31.2 Å². The van der Waals surface area contributed by atoms with E-state index in [0.29, 0.717) is 18.4 Å². The lowest BCUT2D eigenvalue weighted by Gasteiger charge is -2.36. The first kappa shape index (κ1) is 14.4. The van der Waals surface area contributed by atoms with Crippen LogP contribution in [0.5, 0.6) is 0 Å². The fourth-order valence-corrected chi connectivity index (χ4v) is 2.62. The van der Waals surface area contributed by atoms with E-state index in [2.05, 4.69) is 17.4 Å². The van der Waals surface area contributed by atoms with Crippen molar-refractivity contribution in [1.29, 1.82) is 0 Å². The van der Waals surface area contributed by atoms with Crippen LogP contribution in [0.25, 0.3) is 0 Å². The van der Waals surface area contributed by atoms with Gasteiger partial charge in [-0.25, -0.2) is 0 Å². The van der Waals surface area contributed by atoms with Gasteiger partial charge >= 0.3 is 0 Å². The molecule has 0 radical (unpaired) electrons. The number of hydrogen-bond acceptors (Lipinski definition) is 2. The van der Waals surface area contributed by atoms with Crippen LogP contribution < -0.4 is 5.32 Å². The number of amides is 1. The highest BCUT2D eigenvalue weighted by molar-refractivity contribution is 6.30. The summed E-state index contributed by atoms with van der Waals surface area (Å²) < 4.78 is 0. The quantitative estimate of drug-likeness (QED) is 0.899. The topological polar surface area (TPSA) is 32.3 Å². The average molecular weight is 281 g/mol. The Kier molecular flexibility index (Phi) is 4.83. The molecule has 0 atom stereocenters. The number of benzene rings is 1. The molecule has 1 aromatic carbocycles. The van der Waals surface area contributed by atoms with Gasteiger partial charge in [-0.3, -0.25) is 4.79 Å². The standard InChI is InChI=1S/C15H21ClN2O/c1-18(2)15(19)6-7-17-14-9-12(10-14)11-4-3-5-13(16)8-11/h3-5,8,12,14,17H,6-7,9-10H2,1-2H3. The highest BCUT2D eigenvalue weighted by atomic mass is 35.5. The monoisotopic (exact) mass is 280 g/mol. The SMILES string of the molecule is CN(C)C(=O)CCNC1CC(c2cccc(Cl)c2)C1. The molecule has 1 saturated carbocycles. The van der Waals surface area contributed by atoms with Gasteiger partial charge in [0.1, 0.15) is 0 Å². The van der Waals surface area contributed by atoms with E-state index in [4.69, 9.17) is 11.6 Å². The Morgan fingerprint density at radius 2 is 2.16 bits per heavy atom. The van der Waals surface area contributed by atoms with Crippen LogP contribution in [0.15, 0.2) is 24.3 Å². The van der Waals surface area contributed by atoms with Gasteiger partial charge in [0.15, 0.2) is 0 Å². The molecule has 0 unspecified atom stereocenters. The summed E-state index contributed by atoms with van der Waals surface area (Å²) in [7, 11) is 3.59. The highest BCUT2D eigenvalue weighted by Gasteiger charge is 2.29. The number of rotatable bonds is 5. The molecule has 1 fully saturated rings. The van der Waals surface area contributed by atoms with Crippen LogP contribution in [0.3, 0.4) is 0 Å². The smallest absolute Gasteiger partial charge is 0.223 e. The van der Waals surface area contributed by atoms with Crippen LogP contribution in [-0.4, -0.2) is 37.5 Å². The van der Waals surface area contributed by atoms with Crippen molar-refractivity contribution in [3.05, 3.63) is 34.9 Å². The lowest BCUT2D eigenvalue weighted by atomic mass is 9.76. The molecular formula is C15H21ClN2O. The molecule has 0 spiro atoms. The van der Waals surface area contributed by atoms with Gasteiger partial charge in [-0.1, -0.05) is 23.7 Å². The van der Waals surface area contributed by atoms with Crippen molar-refractivity contribution in [1.82, 2.24) is 10.2 Å². The lowest BCUT2D eigenvalue weighted by Crippen LogP contribution is -2.41. The zero-order chi connectivity index (χ0) is 13.8. The third-order valence-corrected chi connectivity index (χ3v) is 3.96. The Balaban J connectivity index is 1.68. The van der Waals surface area contributed by atoms with Gasteiger partial charge in [0.2, 0.25) is 5.91 Å². The molecule has 4 heteroatoms. The number of nitrogens with zero attached hydrogens (tertiary/aromatic N) is 1. The molecule has 19 heavy (non-hydrogen) atoms. The number of carbonyl (C=O) groups excluding carboxylic acids is 1. The van der Waals surface area contributed by atoms with E-state index in [-0.39, 0.29) is 5.91 Å². The summed E-state index contributed by atoms with van der Waals surface area (Å²) in [5.41, 5.74) is 1.33. The fraction of sp³-hybridized carbons (Fsp3) is 0.533. The lowest BCUT2D eigenvalue weighted by molar-refractivity contribution is -0.128. The summed E-state index contributed by atoms with van der Waals surface area (Å²) in [5, 5.41) is 4.25. The Labute approximate surface area is 119 Å². The molecule has 1 N–H and O–H groups in total. The fourth-order valence-electron chi connectivity index (χ4n) is 2.42. The number of hydrogen-bond donors (Lipinski definition) is 1. The van der Waals surface area contributed by atoms with E-state index in [1.807, 2.05) is 12.1 Å². The molecule has 0 saturated heterocycles. The third kappa shape index (κ3) is 3.95. The molecule has 1 aliphatic rings. The third-order valence-electron chi connectivity index (χ3n) is 3.73. The van der Waals surface area contributed by atoms with Gasteiger partial charge in [0.05, 0.1) is 0 Å². The number of carbonyl (C=O) groups is 1. The molecule has 0 heterocycles. The normalized spacial score (nSPS) is 21.8. The van der Waals surface area contributed by atoms with E-state index in [0.717, 1.165) is 24.4 Å². The van der Waals surface area contributed by atoms with Crippen LogP contribution in [-0.2, 0) is 4.79 Å². The minimum atomic E-state index is 0.179. The van der Waals surface area contributed by atoms with Crippen molar-refractivity contribution in [2.24, 2.45) is 0 Å². The maximum absolute atomic E-state index is 11.4. The van der Waals surface area contributed by atoms with Gasteiger partial charge in [0.25, 0.3) is 0 Å². The second-order valence-corrected chi connectivity index (χ2v) is 5.85. The molecule has 104 valence electrons. The molecule has 0 bridgehead atoms. The summed E-state index contributed by atoms with van der Waals surface area (Å²) in [4.78, 5) is 13.1. The van der Waals surface area contributed by atoms with Crippen molar-refractivity contribution < 1.29 is 4.79 Å². The van der Waals surface area contributed by atoms with Crippen molar-refractivity contribution in [3.8, 4) is 0 Å². The molecule has 3 nitrogen and oxygen atoms in total. The largest absolute Gasteiger partial charge is 0.349 e. The Morgan fingerprint density at radius 1 is 1.42 bits per heavy atom. The second kappa shape index (κ2) is 6.40. The van der Waals surface area contributed by atoms with Crippen LogP contribution in [0, 0.1) is 0 Å². The molecule has 1 aromatic rings. The Hall–Kier alpha value is -1.06. The first-order valence-corrected chi connectivity index (χ1v) is 7.13. The van der Waals surface area contributed by atoms with E-state index in [1.165, 1.54) is 5.56 Å². The molecule has 1 amide bonds. The zero-order valence-electron chi connectivity index (χ0n) is 11.5. The molecule has 0 aliphatic heterocycles. The van der Waals surface area contributed by atoms with E-state index < -0.39 is 0 Å². The maximum Gasteiger partial charge on any atom is 0.223 e. The van der Waals surface area contributed by atoms with Crippen LogP contribution >= 0.6 is 11.6 Å². The van der Waals surface area contributed by atoms with Gasteiger partial charge in [0, 0.05) is 38.1 Å². The summed E-state index contributed by atoms with van der Waals surface area (Å²) in [6, 6.07) is 8.65. The van der Waals surface area contributed by atoms with E-state index >= 15 is 0 Å². The summed E-state index contributed by atoms with van der Waals surface area (Å²) in [6.07, 6.45) is 2.85. The average Bonchev–Trinajstić information content (AvgIpc) is 2.31. The van der Waals surface area contributed by atoms with Crippen molar-refractivity contribution >= 4 is 17.5 Å². The van der Waals surface area contributed by atoms with Crippen LogP contribution in [0.4, 0.5) is 0 Å². The molecule has 1 aliphatic carbocycles. The molecule has 0 aromatic heterocycles. The van der Waals surface area contributed by atoms with Crippen molar-refractivity contribution in [3.63, 3.8) is 0 Å². The minimum Gasteiger partial charge on any atom is -0.349 e. The predicted molar refractivity (Wildman–Crippen MR) is 78.5 cm³/mol. The second-order valence-electron chi connectivity index (χ2n) is 5.41. The first-order valence-electron chi connectivity index (χ1n) is 6.75. The summed E-state index contributed by atoms with van der Waals surface area (Å²) >= 11 is 6.00. The number of halogens is 1. The van der Waals surface area contributed by atoms with Gasteiger partial charge in [-0.2, -0.15) is 0 Å². The maximum atomic E-state index is 11.4. The number of nitrogens with one attached hydrogen (secondary N) is 1. The van der Waals surface area contributed by atoms with E-state index in [9.17, 15) is 4.79 Å². The van der Waals surface area contributed by atoms with Gasteiger partial charge in [-0.15, -0.1) is 0 Å². The Morgan fingerprint density at radius 3 is 2.79 bits per heavy atom. The van der Waals surface area contributed by atoms with E-state index in [1.54, 1.807) is 19.0 Å². The molecule has 2 rings (SSSR count). The first-order chi connectivity index (χ1) is 9.06. The van der Waals surface area contributed by atoms with Crippen LogP contribution in [0.2, 0.25) is 5.02 Å². The van der Waals surface area contributed by atoms with Crippen molar-refractivity contribution in [2.75, 3.05) is 20.6 Å². The minimum absolute atomic E-state index is 0.179. The highest BCUT2D eigenvalue weighted by Crippen LogP contribution is 2.37. The predicted octanol–water partition coefficient (Wildman–Crippen LogP) is 2.65. The zero-order valence-corrected chi connectivity index (χ0v) is 12.3. The summed E-state index contributed by atoms with van der Waals surface area (Å²) in [5.74, 6) is 0.791. The van der Waals surface area contributed by atoms with Gasteiger partial charge < -0.3 is 10.2 Å². The Bertz CT molecular complexity index is 442. The van der Waals surface area contributed by atoms with Gasteiger partial charge in [-0.05, 0) is 36.5 Å². The van der Waals surface area contributed by atoms with Crippen LogP contribution in [0.1, 0.15) is 30.7 Å². The summed E-state index contributed by atoms with van der Waals surface area (Å²) in [6.45, 7) is 0.768.